The molecule has 1 unspecified atom stereocenters. The average Bonchev–Trinajstić information content (AvgIpc) is 2.83. The molecular formula is C14H18N2OS. The standard InChI is InChI=1S/C14H18N2OS/c1-14(2,3)11-4-6-12(7-5-11)16(10-17)13-15-8-9-18-13/h4-8,10,13H,9H2,1-3H3. The molecule has 96 valence electrons. The van der Waals surface area contributed by atoms with E-state index in [1.54, 1.807) is 16.7 Å². The van der Waals surface area contributed by atoms with Crippen molar-refractivity contribution < 1.29 is 4.79 Å². The maximum absolute atomic E-state index is 11.2. The van der Waals surface area contributed by atoms with Gasteiger partial charge in [-0.25, -0.2) is 0 Å². The SMILES string of the molecule is CC(C)(C)c1ccc(N(C=O)C2N=CCS2)cc1. The van der Waals surface area contributed by atoms with Gasteiger partial charge in [-0.1, -0.05) is 32.9 Å². The van der Waals surface area contributed by atoms with Crippen molar-refractivity contribution in [2.45, 2.75) is 31.7 Å². The van der Waals surface area contributed by atoms with Crippen LogP contribution >= 0.6 is 11.8 Å². The van der Waals surface area contributed by atoms with Gasteiger partial charge in [-0.3, -0.25) is 14.7 Å². The quantitative estimate of drug-likeness (QED) is 0.784. The predicted octanol–water partition coefficient (Wildman–Crippen LogP) is 3.05. The van der Waals surface area contributed by atoms with Gasteiger partial charge in [0.1, 0.15) is 0 Å². The van der Waals surface area contributed by atoms with E-state index in [0.717, 1.165) is 17.9 Å². The Kier molecular flexibility index (Phi) is 3.76. The third kappa shape index (κ3) is 2.75. The molecular weight excluding hydrogens is 244 g/mol. The minimum Gasteiger partial charge on any atom is -0.283 e. The number of anilines is 1. The second-order valence-corrected chi connectivity index (χ2v) is 6.39. The fourth-order valence-corrected chi connectivity index (χ4v) is 2.68. The van der Waals surface area contributed by atoms with Gasteiger partial charge < -0.3 is 0 Å². The molecule has 1 amide bonds. The normalized spacial score (nSPS) is 18.9. The number of rotatable bonds is 3. The van der Waals surface area contributed by atoms with Gasteiger partial charge in [0, 0.05) is 17.7 Å². The molecule has 0 spiro atoms. The van der Waals surface area contributed by atoms with E-state index in [9.17, 15) is 4.79 Å². The predicted molar refractivity (Wildman–Crippen MR) is 78.4 cm³/mol. The van der Waals surface area contributed by atoms with Crippen LogP contribution in [0.5, 0.6) is 0 Å². The Bertz CT molecular complexity index is 448. The highest BCUT2D eigenvalue weighted by Gasteiger charge is 2.21. The summed E-state index contributed by atoms with van der Waals surface area (Å²) in [6, 6.07) is 8.14. The number of hydrogen-bond acceptors (Lipinski definition) is 3. The maximum Gasteiger partial charge on any atom is 0.216 e. The molecule has 0 saturated carbocycles. The molecule has 1 heterocycles. The minimum absolute atomic E-state index is 0.108. The molecule has 3 nitrogen and oxygen atoms in total. The van der Waals surface area contributed by atoms with Crippen LogP contribution in [0.2, 0.25) is 0 Å². The molecule has 2 rings (SSSR count). The second-order valence-electron chi connectivity index (χ2n) is 5.30. The van der Waals surface area contributed by atoms with E-state index in [4.69, 9.17) is 0 Å². The Morgan fingerprint density at radius 3 is 2.44 bits per heavy atom. The highest BCUT2D eigenvalue weighted by atomic mass is 32.2. The van der Waals surface area contributed by atoms with E-state index in [2.05, 4.69) is 37.9 Å². The first kappa shape index (κ1) is 13.1. The third-order valence-electron chi connectivity index (χ3n) is 2.94. The minimum atomic E-state index is -0.108. The summed E-state index contributed by atoms with van der Waals surface area (Å²) >= 11 is 1.65. The van der Waals surface area contributed by atoms with Gasteiger partial charge in [-0.15, -0.1) is 11.8 Å². The molecule has 1 aromatic rings. The first-order valence-electron chi connectivity index (χ1n) is 6.00. The molecule has 1 aliphatic rings. The van der Waals surface area contributed by atoms with Crippen LogP contribution in [-0.4, -0.2) is 23.9 Å². The van der Waals surface area contributed by atoms with Gasteiger partial charge in [0.2, 0.25) is 6.41 Å². The second kappa shape index (κ2) is 5.14. The van der Waals surface area contributed by atoms with Crippen LogP contribution in [0.25, 0.3) is 0 Å². The lowest BCUT2D eigenvalue weighted by Crippen LogP contribution is -2.28. The van der Waals surface area contributed by atoms with Crippen molar-refractivity contribution in [3.8, 4) is 0 Å². The Morgan fingerprint density at radius 1 is 1.33 bits per heavy atom. The van der Waals surface area contributed by atoms with Gasteiger partial charge in [0.25, 0.3) is 0 Å². The Morgan fingerprint density at radius 2 is 2.00 bits per heavy atom. The zero-order valence-electron chi connectivity index (χ0n) is 11.0. The van der Waals surface area contributed by atoms with Crippen molar-refractivity contribution in [3.63, 3.8) is 0 Å². The third-order valence-corrected chi connectivity index (χ3v) is 3.92. The molecule has 0 fully saturated rings. The topological polar surface area (TPSA) is 32.7 Å². The van der Waals surface area contributed by atoms with Gasteiger partial charge in [-0.2, -0.15) is 0 Å². The zero-order chi connectivity index (χ0) is 13.2. The lowest BCUT2D eigenvalue weighted by molar-refractivity contribution is -0.107. The lowest BCUT2D eigenvalue weighted by Gasteiger charge is -2.24. The molecule has 0 aromatic heterocycles. The summed E-state index contributed by atoms with van der Waals surface area (Å²) in [6.45, 7) is 6.53. The van der Waals surface area contributed by atoms with E-state index in [1.807, 2.05) is 18.3 Å². The molecule has 4 heteroatoms. The molecule has 0 bridgehead atoms. The number of thioether (sulfide) groups is 1. The number of nitrogens with zero attached hydrogens (tertiary/aromatic N) is 2. The van der Waals surface area contributed by atoms with Crippen LogP contribution in [0.3, 0.4) is 0 Å². The number of aliphatic imine (C=N–C) groups is 1. The van der Waals surface area contributed by atoms with Gasteiger partial charge in [0.15, 0.2) is 5.50 Å². The summed E-state index contributed by atoms with van der Waals surface area (Å²) in [5, 5.41) is 0. The average molecular weight is 262 g/mol. The molecule has 1 atom stereocenters. The van der Waals surface area contributed by atoms with Crippen LogP contribution in [0.4, 0.5) is 5.69 Å². The number of carbonyl (C=O) groups is 1. The summed E-state index contributed by atoms with van der Waals surface area (Å²) in [7, 11) is 0. The van der Waals surface area contributed by atoms with E-state index in [0.29, 0.717) is 0 Å². The monoisotopic (exact) mass is 262 g/mol. The summed E-state index contributed by atoms with van der Waals surface area (Å²) in [6.07, 6.45) is 2.71. The number of amides is 1. The molecule has 0 N–H and O–H groups in total. The van der Waals surface area contributed by atoms with Crippen molar-refractivity contribution in [1.82, 2.24) is 0 Å². The van der Waals surface area contributed by atoms with E-state index in [-0.39, 0.29) is 10.9 Å². The van der Waals surface area contributed by atoms with Crippen molar-refractivity contribution >= 4 is 30.1 Å². The number of hydrogen-bond donors (Lipinski definition) is 0. The largest absolute Gasteiger partial charge is 0.283 e. The van der Waals surface area contributed by atoms with Crippen LogP contribution in [0.1, 0.15) is 26.3 Å². The molecule has 1 aliphatic heterocycles. The molecule has 1 aromatic carbocycles. The summed E-state index contributed by atoms with van der Waals surface area (Å²) < 4.78 is 0. The van der Waals surface area contributed by atoms with Crippen LogP contribution in [-0.2, 0) is 10.2 Å². The lowest BCUT2D eigenvalue weighted by atomic mass is 9.87. The number of benzene rings is 1. The van der Waals surface area contributed by atoms with Gasteiger partial charge in [0.05, 0.1) is 0 Å². The summed E-state index contributed by atoms with van der Waals surface area (Å²) in [5.74, 6) is 0.870. The molecule has 0 radical (unpaired) electrons. The van der Waals surface area contributed by atoms with Gasteiger partial charge in [-0.05, 0) is 23.1 Å². The Labute approximate surface area is 112 Å². The van der Waals surface area contributed by atoms with Crippen molar-refractivity contribution in [3.05, 3.63) is 29.8 Å². The van der Waals surface area contributed by atoms with Crippen LogP contribution < -0.4 is 4.90 Å². The number of carbonyl (C=O) groups excluding carboxylic acids is 1. The highest BCUT2D eigenvalue weighted by molar-refractivity contribution is 8.00. The maximum atomic E-state index is 11.2. The smallest absolute Gasteiger partial charge is 0.216 e. The van der Waals surface area contributed by atoms with E-state index < -0.39 is 0 Å². The fraction of sp³-hybridized carbons (Fsp3) is 0.429. The van der Waals surface area contributed by atoms with Crippen molar-refractivity contribution in [2.24, 2.45) is 4.99 Å². The van der Waals surface area contributed by atoms with Crippen LogP contribution in [0.15, 0.2) is 29.3 Å². The Balaban J connectivity index is 2.22. The van der Waals surface area contributed by atoms with Gasteiger partial charge >= 0.3 is 0 Å². The van der Waals surface area contributed by atoms with E-state index in [1.165, 1.54) is 5.56 Å². The van der Waals surface area contributed by atoms with Crippen molar-refractivity contribution in [1.29, 1.82) is 0 Å². The highest BCUT2D eigenvalue weighted by Crippen LogP contribution is 2.28. The molecule has 0 saturated heterocycles. The molecule has 0 aliphatic carbocycles. The Hall–Kier alpha value is -1.29. The van der Waals surface area contributed by atoms with Crippen LogP contribution in [0, 0.1) is 0 Å². The van der Waals surface area contributed by atoms with Crippen molar-refractivity contribution in [2.75, 3.05) is 10.7 Å². The molecule has 18 heavy (non-hydrogen) atoms. The zero-order valence-corrected chi connectivity index (χ0v) is 11.8. The fourth-order valence-electron chi connectivity index (χ4n) is 1.83. The summed E-state index contributed by atoms with van der Waals surface area (Å²) in [4.78, 5) is 17.2. The summed E-state index contributed by atoms with van der Waals surface area (Å²) in [5.41, 5.74) is 2.18. The van der Waals surface area contributed by atoms with E-state index >= 15 is 0 Å². The first-order chi connectivity index (χ1) is 8.52. The first-order valence-corrected chi connectivity index (χ1v) is 7.04.